The van der Waals surface area contributed by atoms with Gasteiger partial charge in [-0.2, -0.15) is 0 Å². The third-order valence-electron chi connectivity index (χ3n) is 1.60. The molecule has 0 bridgehead atoms. The lowest BCUT2D eigenvalue weighted by molar-refractivity contribution is -0.401. The number of hydrogen-bond donors (Lipinski definition) is 0. The first-order chi connectivity index (χ1) is 6.11. The quantitative estimate of drug-likeness (QED) is 0.519. The normalized spacial score (nSPS) is 11.4. The van der Waals surface area contributed by atoms with Gasteiger partial charge < -0.3 is 0 Å². The zero-order chi connectivity index (χ0) is 9.84. The Balaban J connectivity index is 3.08. The fourth-order valence-corrected chi connectivity index (χ4v) is 1.01. The van der Waals surface area contributed by atoms with Crippen LogP contribution in [0.5, 0.6) is 0 Å². The van der Waals surface area contributed by atoms with Crippen molar-refractivity contribution in [3.05, 3.63) is 52.0 Å². The Morgan fingerprint density at radius 3 is 2.69 bits per heavy atom. The van der Waals surface area contributed by atoms with E-state index < -0.39 is 10.7 Å². The Kier molecular flexibility index (Phi) is 2.74. The molecule has 0 spiro atoms. The van der Waals surface area contributed by atoms with Crippen molar-refractivity contribution in [2.45, 2.75) is 6.92 Å². The highest BCUT2D eigenvalue weighted by atomic mass is 19.1. The fourth-order valence-electron chi connectivity index (χ4n) is 1.01. The minimum Gasteiger partial charge on any atom is -0.259 e. The Morgan fingerprint density at radius 1 is 1.54 bits per heavy atom. The summed E-state index contributed by atoms with van der Waals surface area (Å²) >= 11 is 0. The van der Waals surface area contributed by atoms with E-state index in [1.165, 1.54) is 25.1 Å². The van der Waals surface area contributed by atoms with Gasteiger partial charge in [-0.05, 0) is 13.0 Å². The Hall–Kier alpha value is -1.71. The number of rotatable bonds is 2. The minimum absolute atomic E-state index is 0.263. The monoisotopic (exact) mass is 181 g/mol. The topological polar surface area (TPSA) is 43.1 Å². The highest BCUT2D eigenvalue weighted by Gasteiger charge is 2.05. The van der Waals surface area contributed by atoms with Crippen molar-refractivity contribution in [1.82, 2.24) is 0 Å². The van der Waals surface area contributed by atoms with Crippen molar-refractivity contribution in [2.75, 3.05) is 0 Å². The van der Waals surface area contributed by atoms with E-state index in [9.17, 15) is 14.5 Å². The van der Waals surface area contributed by atoms with Crippen LogP contribution in [0.3, 0.4) is 0 Å². The second-order valence-corrected chi connectivity index (χ2v) is 2.58. The molecule has 0 aliphatic rings. The highest BCUT2D eigenvalue weighted by Crippen LogP contribution is 2.16. The summed E-state index contributed by atoms with van der Waals surface area (Å²) in [6.07, 6.45) is 0.790. The standard InChI is InChI=1S/C9H8FNO2/c1-7(6-11(12)13)8-4-2-3-5-9(8)10/h2-6H,1H3/b7-6+. The summed E-state index contributed by atoms with van der Waals surface area (Å²) in [6.45, 7) is 1.50. The molecule has 3 nitrogen and oxygen atoms in total. The molecule has 13 heavy (non-hydrogen) atoms. The zero-order valence-electron chi connectivity index (χ0n) is 7.03. The van der Waals surface area contributed by atoms with Crippen LogP contribution in [0.4, 0.5) is 4.39 Å². The molecular weight excluding hydrogens is 173 g/mol. The molecule has 0 unspecified atom stereocenters. The van der Waals surface area contributed by atoms with Crippen LogP contribution in [0.25, 0.3) is 5.57 Å². The van der Waals surface area contributed by atoms with Gasteiger partial charge in [0.2, 0.25) is 6.20 Å². The second-order valence-electron chi connectivity index (χ2n) is 2.58. The molecule has 0 radical (unpaired) electrons. The summed E-state index contributed by atoms with van der Waals surface area (Å²) in [5, 5.41) is 10.1. The largest absolute Gasteiger partial charge is 0.259 e. The number of halogens is 1. The summed E-state index contributed by atoms with van der Waals surface area (Å²) < 4.78 is 13.0. The van der Waals surface area contributed by atoms with Crippen molar-refractivity contribution in [3.63, 3.8) is 0 Å². The smallest absolute Gasteiger partial charge is 0.238 e. The molecule has 0 heterocycles. The van der Waals surface area contributed by atoms with E-state index in [-0.39, 0.29) is 5.56 Å². The number of allylic oxidation sites excluding steroid dienone is 1. The van der Waals surface area contributed by atoms with Crippen LogP contribution in [-0.2, 0) is 0 Å². The van der Waals surface area contributed by atoms with E-state index in [1.807, 2.05) is 0 Å². The maximum absolute atomic E-state index is 13.0. The van der Waals surface area contributed by atoms with Crippen molar-refractivity contribution >= 4 is 5.57 Å². The van der Waals surface area contributed by atoms with E-state index in [2.05, 4.69) is 0 Å². The summed E-state index contributed by atoms with van der Waals surface area (Å²) in [7, 11) is 0. The Morgan fingerprint density at radius 2 is 2.15 bits per heavy atom. The van der Waals surface area contributed by atoms with E-state index in [0.717, 1.165) is 6.20 Å². The molecule has 4 heteroatoms. The van der Waals surface area contributed by atoms with Crippen LogP contribution in [0.2, 0.25) is 0 Å². The lowest BCUT2D eigenvalue weighted by Crippen LogP contribution is -1.90. The molecule has 0 aliphatic carbocycles. The molecule has 0 saturated carbocycles. The van der Waals surface area contributed by atoms with Gasteiger partial charge in [0, 0.05) is 11.1 Å². The van der Waals surface area contributed by atoms with Crippen LogP contribution < -0.4 is 0 Å². The molecule has 0 amide bonds. The SMILES string of the molecule is C/C(=C\[N+](=O)[O-])c1ccccc1F. The van der Waals surface area contributed by atoms with Gasteiger partial charge >= 0.3 is 0 Å². The molecular formula is C9H8FNO2. The van der Waals surface area contributed by atoms with Gasteiger partial charge in [-0.1, -0.05) is 18.2 Å². The van der Waals surface area contributed by atoms with Crippen molar-refractivity contribution in [1.29, 1.82) is 0 Å². The average Bonchev–Trinajstić information content (AvgIpc) is 2.03. The molecule has 1 aromatic carbocycles. The predicted octanol–water partition coefficient (Wildman–Crippen LogP) is 2.46. The first kappa shape index (κ1) is 9.38. The molecule has 0 N–H and O–H groups in total. The molecule has 0 aliphatic heterocycles. The van der Waals surface area contributed by atoms with E-state index in [4.69, 9.17) is 0 Å². The third-order valence-corrected chi connectivity index (χ3v) is 1.60. The first-order valence-corrected chi connectivity index (χ1v) is 3.68. The predicted molar refractivity (Wildman–Crippen MR) is 47.0 cm³/mol. The van der Waals surface area contributed by atoms with Crippen LogP contribution in [0.1, 0.15) is 12.5 Å². The average molecular weight is 181 g/mol. The van der Waals surface area contributed by atoms with Crippen LogP contribution in [0.15, 0.2) is 30.5 Å². The van der Waals surface area contributed by atoms with Crippen molar-refractivity contribution in [3.8, 4) is 0 Å². The molecule has 68 valence electrons. The number of hydrogen-bond acceptors (Lipinski definition) is 2. The first-order valence-electron chi connectivity index (χ1n) is 3.68. The summed E-state index contributed by atoms with van der Waals surface area (Å²) in [6, 6.07) is 5.95. The number of benzene rings is 1. The number of nitro groups is 1. The Labute approximate surface area is 74.7 Å². The molecule has 1 rings (SSSR count). The highest BCUT2D eigenvalue weighted by molar-refractivity contribution is 5.62. The summed E-state index contributed by atoms with van der Waals surface area (Å²) in [5.74, 6) is -0.446. The minimum atomic E-state index is -0.595. The van der Waals surface area contributed by atoms with Crippen LogP contribution in [-0.4, -0.2) is 4.92 Å². The van der Waals surface area contributed by atoms with Crippen molar-refractivity contribution < 1.29 is 9.31 Å². The second kappa shape index (κ2) is 3.80. The van der Waals surface area contributed by atoms with Gasteiger partial charge in [-0.25, -0.2) is 4.39 Å². The third kappa shape index (κ3) is 2.37. The lowest BCUT2D eigenvalue weighted by Gasteiger charge is -1.98. The molecule has 0 saturated heterocycles. The fraction of sp³-hybridized carbons (Fsp3) is 0.111. The van der Waals surface area contributed by atoms with E-state index in [1.54, 1.807) is 6.07 Å². The van der Waals surface area contributed by atoms with Gasteiger partial charge in [-0.3, -0.25) is 10.1 Å². The van der Waals surface area contributed by atoms with E-state index in [0.29, 0.717) is 5.57 Å². The Bertz CT molecular complexity index is 360. The van der Waals surface area contributed by atoms with Gasteiger partial charge in [-0.15, -0.1) is 0 Å². The number of nitrogens with zero attached hydrogens (tertiary/aromatic N) is 1. The maximum Gasteiger partial charge on any atom is 0.238 e. The molecule has 0 fully saturated rings. The van der Waals surface area contributed by atoms with Crippen molar-refractivity contribution in [2.24, 2.45) is 0 Å². The van der Waals surface area contributed by atoms with Gasteiger partial charge in [0.05, 0.1) is 4.92 Å². The van der Waals surface area contributed by atoms with Crippen LogP contribution >= 0.6 is 0 Å². The summed E-state index contributed by atoms with van der Waals surface area (Å²) in [4.78, 5) is 9.51. The van der Waals surface area contributed by atoms with Crippen LogP contribution in [0, 0.1) is 15.9 Å². The zero-order valence-corrected chi connectivity index (χ0v) is 7.03. The molecule has 0 aromatic heterocycles. The van der Waals surface area contributed by atoms with Gasteiger partial charge in [0.25, 0.3) is 0 Å². The van der Waals surface area contributed by atoms with Gasteiger partial charge in [0.1, 0.15) is 5.82 Å². The lowest BCUT2D eigenvalue weighted by atomic mass is 10.1. The van der Waals surface area contributed by atoms with E-state index >= 15 is 0 Å². The molecule has 1 aromatic rings. The van der Waals surface area contributed by atoms with Gasteiger partial charge in [0.15, 0.2) is 0 Å². The maximum atomic E-state index is 13.0. The summed E-state index contributed by atoms with van der Waals surface area (Å²) in [5.41, 5.74) is 0.572. The molecule has 0 atom stereocenters.